The number of nitrogens with zero attached hydrogens (tertiary/aromatic N) is 5. The van der Waals surface area contributed by atoms with Gasteiger partial charge in [-0.25, -0.2) is 13.1 Å². The average Bonchev–Trinajstić information content (AvgIpc) is 2.68. The minimum atomic E-state index is -3.83. The van der Waals surface area contributed by atoms with Gasteiger partial charge in [-0.2, -0.15) is 4.31 Å². The fourth-order valence-electron chi connectivity index (χ4n) is 1.54. The molecule has 1 heterocycles. The molecule has 0 aliphatic carbocycles. The molecule has 0 aliphatic rings. The molecule has 0 atom stereocenters. The highest BCUT2D eigenvalue weighted by Gasteiger charge is 2.32. The Morgan fingerprint density at radius 2 is 2.00 bits per heavy atom. The molecule has 0 aliphatic heterocycles. The molecule has 1 aromatic rings. The Hall–Kier alpha value is -1.00. The molecule has 1 amide bonds. The lowest BCUT2D eigenvalue weighted by Gasteiger charge is -2.22. The first-order chi connectivity index (χ1) is 9.21. The van der Waals surface area contributed by atoms with E-state index >= 15 is 0 Å². The zero-order chi connectivity index (χ0) is 15.5. The van der Waals surface area contributed by atoms with E-state index in [1.165, 1.54) is 16.6 Å². The maximum absolute atomic E-state index is 12.6. The van der Waals surface area contributed by atoms with Gasteiger partial charge >= 0.3 is 0 Å². The van der Waals surface area contributed by atoms with Crippen molar-refractivity contribution in [2.75, 3.05) is 27.2 Å². The Morgan fingerprint density at radius 1 is 1.40 bits per heavy atom. The smallest absolute Gasteiger partial charge is 0.263 e. The molecular weight excluding hydrogens is 350 g/mol. The predicted molar refractivity (Wildman–Crippen MR) is 76.4 cm³/mol. The van der Waals surface area contributed by atoms with Gasteiger partial charge in [0.1, 0.15) is 0 Å². The summed E-state index contributed by atoms with van der Waals surface area (Å²) in [5, 5.41) is 7.27. The van der Waals surface area contributed by atoms with E-state index in [1.807, 2.05) is 6.92 Å². The molecule has 10 heteroatoms. The first kappa shape index (κ1) is 17.1. The van der Waals surface area contributed by atoms with E-state index in [4.69, 9.17) is 0 Å². The van der Waals surface area contributed by atoms with Crippen LogP contribution in [0, 0.1) is 0 Å². The lowest BCUT2D eigenvalue weighted by atomic mass is 10.4. The van der Waals surface area contributed by atoms with E-state index in [0.29, 0.717) is 6.42 Å². The zero-order valence-electron chi connectivity index (χ0n) is 11.9. The van der Waals surface area contributed by atoms with Crippen LogP contribution in [0.4, 0.5) is 0 Å². The molecule has 0 unspecified atom stereocenters. The van der Waals surface area contributed by atoms with Crippen LogP contribution >= 0.6 is 15.9 Å². The van der Waals surface area contributed by atoms with Gasteiger partial charge in [0.2, 0.25) is 10.9 Å². The van der Waals surface area contributed by atoms with Crippen molar-refractivity contribution in [3.05, 3.63) is 4.60 Å². The summed E-state index contributed by atoms with van der Waals surface area (Å²) in [5.74, 6) is -0.284. The zero-order valence-corrected chi connectivity index (χ0v) is 14.3. The molecule has 0 N–H and O–H groups in total. The summed E-state index contributed by atoms with van der Waals surface area (Å²) < 4.78 is 27.7. The normalized spacial score (nSPS) is 11.9. The minimum Gasteiger partial charge on any atom is -0.348 e. The van der Waals surface area contributed by atoms with Crippen LogP contribution in [0.3, 0.4) is 0 Å². The van der Waals surface area contributed by atoms with Crippen molar-refractivity contribution >= 4 is 31.9 Å². The van der Waals surface area contributed by atoms with Gasteiger partial charge in [-0.05, 0) is 22.4 Å². The van der Waals surface area contributed by atoms with Crippen LogP contribution in [-0.4, -0.2) is 65.7 Å². The van der Waals surface area contributed by atoms with Gasteiger partial charge in [-0.3, -0.25) is 4.79 Å². The second kappa shape index (κ2) is 6.64. The van der Waals surface area contributed by atoms with Gasteiger partial charge in [-0.1, -0.05) is 12.1 Å². The highest BCUT2D eigenvalue weighted by atomic mass is 79.9. The van der Waals surface area contributed by atoms with E-state index in [0.717, 1.165) is 4.31 Å². The Labute approximate surface area is 126 Å². The van der Waals surface area contributed by atoms with Gasteiger partial charge in [0.15, 0.2) is 4.60 Å². The van der Waals surface area contributed by atoms with E-state index in [1.54, 1.807) is 14.1 Å². The highest BCUT2D eigenvalue weighted by molar-refractivity contribution is 9.10. The number of aryl methyl sites for hydroxylation is 1. The minimum absolute atomic E-state index is 0.0579. The number of rotatable bonds is 6. The molecule has 114 valence electrons. The second-order valence-corrected chi connectivity index (χ2v) is 7.04. The molecule has 0 radical (unpaired) electrons. The van der Waals surface area contributed by atoms with Gasteiger partial charge in [-0.15, -0.1) is 5.10 Å². The van der Waals surface area contributed by atoms with Gasteiger partial charge in [0, 0.05) is 27.7 Å². The van der Waals surface area contributed by atoms with Crippen molar-refractivity contribution in [1.29, 1.82) is 0 Å². The van der Waals surface area contributed by atoms with Crippen molar-refractivity contribution < 1.29 is 13.2 Å². The molecule has 1 rings (SSSR count). The summed E-state index contributed by atoms with van der Waals surface area (Å²) in [5.41, 5.74) is 0. The molecule has 1 aromatic heterocycles. The monoisotopic (exact) mass is 367 g/mol. The molecular formula is C10H18BrN5O3S. The number of hydrogen-bond donors (Lipinski definition) is 0. The number of hydrogen-bond acceptors (Lipinski definition) is 5. The standard InChI is InChI=1S/C10H18BrN5O3S/c1-5-6-16(7-8(17)14(2)3)20(18,19)10-9(11)12-13-15(10)4/h5-7H2,1-4H3. The van der Waals surface area contributed by atoms with E-state index in [2.05, 4.69) is 26.2 Å². The van der Waals surface area contributed by atoms with Crippen LogP contribution in [-0.2, 0) is 21.9 Å². The van der Waals surface area contributed by atoms with Gasteiger partial charge in [0.05, 0.1) is 6.54 Å². The predicted octanol–water partition coefficient (Wildman–Crippen LogP) is 0.0665. The number of amides is 1. The number of sulfonamides is 1. The summed E-state index contributed by atoms with van der Waals surface area (Å²) in [6.45, 7) is 1.89. The van der Waals surface area contributed by atoms with Crippen LogP contribution in [0.25, 0.3) is 0 Å². The van der Waals surface area contributed by atoms with Crippen molar-refractivity contribution in [1.82, 2.24) is 24.2 Å². The first-order valence-corrected chi connectivity index (χ1v) is 8.20. The molecule has 0 aromatic carbocycles. The van der Waals surface area contributed by atoms with Crippen molar-refractivity contribution in [3.8, 4) is 0 Å². The average molecular weight is 368 g/mol. The lowest BCUT2D eigenvalue weighted by Crippen LogP contribution is -2.41. The summed E-state index contributed by atoms with van der Waals surface area (Å²) in [4.78, 5) is 13.1. The maximum Gasteiger partial charge on any atom is 0.263 e. The Bertz CT molecular complexity index is 564. The largest absolute Gasteiger partial charge is 0.348 e. The molecule has 0 saturated heterocycles. The van der Waals surface area contributed by atoms with E-state index in [-0.39, 0.29) is 28.6 Å². The quantitative estimate of drug-likeness (QED) is 0.709. The summed E-state index contributed by atoms with van der Waals surface area (Å²) in [6, 6.07) is 0. The third-order valence-electron chi connectivity index (χ3n) is 2.60. The molecule has 8 nitrogen and oxygen atoms in total. The topological polar surface area (TPSA) is 88.4 Å². The van der Waals surface area contributed by atoms with Crippen molar-refractivity contribution in [2.24, 2.45) is 7.05 Å². The van der Waals surface area contributed by atoms with Gasteiger partial charge < -0.3 is 4.90 Å². The molecule has 0 bridgehead atoms. The molecule has 0 saturated carbocycles. The Balaban J connectivity index is 3.16. The molecule has 0 fully saturated rings. The van der Waals surface area contributed by atoms with Crippen LogP contribution in [0.15, 0.2) is 9.63 Å². The number of carbonyl (C=O) groups is 1. The van der Waals surface area contributed by atoms with E-state index in [9.17, 15) is 13.2 Å². The molecule has 20 heavy (non-hydrogen) atoms. The van der Waals surface area contributed by atoms with E-state index < -0.39 is 10.0 Å². The Morgan fingerprint density at radius 3 is 2.40 bits per heavy atom. The van der Waals surface area contributed by atoms with Crippen molar-refractivity contribution in [3.63, 3.8) is 0 Å². The van der Waals surface area contributed by atoms with Crippen LogP contribution in [0.5, 0.6) is 0 Å². The lowest BCUT2D eigenvalue weighted by molar-refractivity contribution is -0.128. The third-order valence-corrected chi connectivity index (χ3v) is 5.34. The van der Waals surface area contributed by atoms with Gasteiger partial charge in [0.25, 0.3) is 10.0 Å². The second-order valence-electron chi connectivity index (χ2n) is 4.44. The summed E-state index contributed by atoms with van der Waals surface area (Å²) in [7, 11) is 0.824. The third kappa shape index (κ3) is 3.55. The van der Waals surface area contributed by atoms with Crippen LogP contribution in [0.2, 0.25) is 0 Å². The first-order valence-electron chi connectivity index (χ1n) is 5.97. The highest BCUT2D eigenvalue weighted by Crippen LogP contribution is 2.22. The van der Waals surface area contributed by atoms with Crippen LogP contribution < -0.4 is 0 Å². The fourth-order valence-corrected chi connectivity index (χ4v) is 4.06. The van der Waals surface area contributed by atoms with Crippen molar-refractivity contribution in [2.45, 2.75) is 18.4 Å². The number of carbonyl (C=O) groups excluding carboxylic acids is 1. The Kier molecular flexibility index (Phi) is 5.66. The summed E-state index contributed by atoms with van der Waals surface area (Å²) in [6.07, 6.45) is 0.600. The number of likely N-dealkylation sites (N-methyl/N-ethyl adjacent to an activating group) is 1. The molecule has 0 spiro atoms. The maximum atomic E-state index is 12.6. The fraction of sp³-hybridized carbons (Fsp3) is 0.700. The SMILES string of the molecule is CCCN(CC(=O)N(C)C)S(=O)(=O)c1c(Br)nnn1C. The van der Waals surface area contributed by atoms with Crippen LogP contribution in [0.1, 0.15) is 13.3 Å². The number of aromatic nitrogens is 3. The number of halogens is 1. The summed E-state index contributed by atoms with van der Waals surface area (Å²) >= 11 is 3.07.